The summed E-state index contributed by atoms with van der Waals surface area (Å²) in [7, 11) is 0. The third-order valence-electron chi connectivity index (χ3n) is 3.06. The molecule has 0 saturated carbocycles. The summed E-state index contributed by atoms with van der Waals surface area (Å²) < 4.78 is 0. The number of hydrogen-bond donors (Lipinski definition) is 0. The lowest BCUT2D eigenvalue weighted by Crippen LogP contribution is -1.82. The van der Waals surface area contributed by atoms with E-state index in [9.17, 15) is 4.79 Å². The Balaban J connectivity index is 2.96. The first-order chi connectivity index (χ1) is 8.41. The highest BCUT2D eigenvalue weighted by Gasteiger charge is 1.91. The van der Waals surface area contributed by atoms with Gasteiger partial charge in [0.15, 0.2) is 0 Å². The molecule has 0 saturated heterocycles. The van der Waals surface area contributed by atoms with E-state index in [1.165, 1.54) is 64.2 Å². The molecule has 0 bridgehead atoms. The van der Waals surface area contributed by atoms with Gasteiger partial charge in [0.25, 0.3) is 0 Å². The van der Waals surface area contributed by atoms with Crippen molar-refractivity contribution in [1.29, 1.82) is 0 Å². The number of unbranched alkanes of at least 4 members (excludes halogenated alkanes) is 10. The lowest BCUT2D eigenvalue weighted by atomic mass is 10.1. The van der Waals surface area contributed by atoms with Crippen molar-refractivity contribution >= 4 is 6.29 Å². The Morgan fingerprint density at radius 2 is 1.12 bits per heavy atom. The highest BCUT2D eigenvalue weighted by Crippen LogP contribution is 2.10. The fourth-order valence-corrected chi connectivity index (χ4v) is 1.95. The number of carbonyl (C=O) groups is 1. The molecule has 1 heteroatoms. The van der Waals surface area contributed by atoms with E-state index < -0.39 is 0 Å². The van der Waals surface area contributed by atoms with Crippen LogP contribution in [0.2, 0.25) is 0 Å². The van der Waals surface area contributed by atoms with Crippen LogP contribution < -0.4 is 0 Å². The van der Waals surface area contributed by atoms with Crippen molar-refractivity contribution in [3.63, 3.8) is 0 Å². The average molecular weight is 238 g/mol. The van der Waals surface area contributed by atoms with E-state index in [0.717, 1.165) is 19.1 Å². The summed E-state index contributed by atoms with van der Waals surface area (Å²) in [6.45, 7) is 2.22. The first-order valence-corrected chi connectivity index (χ1v) is 7.50. The molecule has 0 aromatic heterocycles. The van der Waals surface area contributed by atoms with Crippen molar-refractivity contribution in [3.05, 3.63) is 12.2 Å². The monoisotopic (exact) mass is 238 g/mol. The van der Waals surface area contributed by atoms with E-state index in [-0.39, 0.29) is 0 Å². The molecular formula is C16H30O. The van der Waals surface area contributed by atoms with Gasteiger partial charge in [-0.2, -0.15) is 0 Å². The largest absolute Gasteiger partial charge is 0.303 e. The van der Waals surface area contributed by atoms with Crippen LogP contribution in [0.4, 0.5) is 0 Å². The van der Waals surface area contributed by atoms with Gasteiger partial charge in [-0.15, -0.1) is 0 Å². The predicted octanol–water partition coefficient (Wildman–Crippen LogP) is 5.44. The number of rotatable bonds is 13. The zero-order valence-electron chi connectivity index (χ0n) is 11.6. The van der Waals surface area contributed by atoms with Crippen LogP contribution in [-0.2, 0) is 4.79 Å². The molecule has 0 amide bonds. The normalized spacial score (nSPS) is 11.1. The Labute approximate surface area is 108 Å². The van der Waals surface area contributed by atoms with Gasteiger partial charge in [-0.3, -0.25) is 0 Å². The fourth-order valence-electron chi connectivity index (χ4n) is 1.95. The predicted molar refractivity (Wildman–Crippen MR) is 76.3 cm³/mol. The first-order valence-electron chi connectivity index (χ1n) is 7.50. The second kappa shape index (κ2) is 15.4. The topological polar surface area (TPSA) is 17.1 Å². The van der Waals surface area contributed by atoms with Crippen LogP contribution in [0.3, 0.4) is 0 Å². The van der Waals surface area contributed by atoms with Crippen molar-refractivity contribution in [2.75, 3.05) is 0 Å². The quantitative estimate of drug-likeness (QED) is 0.237. The summed E-state index contributed by atoms with van der Waals surface area (Å²) in [5.74, 6) is 0. The smallest absolute Gasteiger partial charge is 0.119 e. The van der Waals surface area contributed by atoms with Gasteiger partial charge in [-0.25, -0.2) is 0 Å². The molecular weight excluding hydrogens is 208 g/mol. The molecule has 0 fully saturated rings. The molecule has 0 aliphatic carbocycles. The van der Waals surface area contributed by atoms with Crippen molar-refractivity contribution in [1.82, 2.24) is 0 Å². The van der Waals surface area contributed by atoms with Gasteiger partial charge >= 0.3 is 0 Å². The van der Waals surface area contributed by atoms with Crippen LogP contribution in [0.15, 0.2) is 12.2 Å². The Hall–Kier alpha value is -0.590. The maximum atomic E-state index is 10.1. The minimum Gasteiger partial charge on any atom is -0.303 e. The SMILES string of the molecule is CCC/C=C/CCCCCCCCCCC=O. The van der Waals surface area contributed by atoms with E-state index in [4.69, 9.17) is 0 Å². The Bertz CT molecular complexity index is 172. The van der Waals surface area contributed by atoms with E-state index in [0.29, 0.717) is 0 Å². The molecule has 0 rings (SSSR count). The average Bonchev–Trinajstić information content (AvgIpc) is 2.35. The highest BCUT2D eigenvalue weighted by molar-refractivity contribution is 5.48. The second-order valence-electron chi connectivity index (χ2n) is 4.83. The maximum absolute atomic E-state index is 10.1. The Morgan fingerprint density at radius 1 is 0.647 bits per heavy atom. The van der Waals surface area contributed by atoms with Crippen LogP contribution in [0.5, 0.6) is 0 Å². The van der Waals surface area contributed by atoms with E-state index in [1.54, 1.807) is 0 Å². The van der Waals surface area contributed by atoms with Crippen molar-refractivity contribution in [2.24, 2.45) is 0 Å². The zero-order valence-corrected chi connectivity index (χ0v) is 11.6. The van der Waals surface area contributed by atoms with E-state index in [2.05, 4.69) is 19.1 Å². The molecule has 1 nitrogen and oxygen atoms in total. The lowest BCUT2D eigenvalue weighted by Gasteiger charge is -2.00. The molecule has 0 radical (unpaired) electrons. The number of carbonyl (C=O) groups excluding carboxylic acids is 1. The number of aldehydes is 1. The van der Waals surface area contributed by atoms with Gasteiger partial charge in [0.1, 0.15) is 6.29 Å². The van der Waals surface area contributed by atoms with Crippen LogP contribution in [0.1, 0.15) is 84.0 Å². The molecule has 17 heavy (non-hydrogen) atoms. The second-order valence-corrected chi connectivity index (χ2v) is 4.83. The molecule has 0 aliphatic rings. The minimum absolute atomic E-state index is 0.754. The number of hydrogen-bond acceptors (Lipinski definition) is 1. The molecule has 0 aromatic carbocycles. The summed E-state index contributed by atoms with van der Waals surface area (Å²) in [5.41, 5.74) is 0. The number of allylic oxidation sites excluding steroid dienone is 2. The minimum atomic E-state index is 0.754. The molecule has 0 heterocycles. The van der Waals surface area contributed by atoms with Crippen LogP contribution in [0, 0.1) is 0 Å². The molecule has 0 unspecified atom stereocenters. The standard InChI is InChI=1S/C16H30O/c1-2-3-4-5-6-7-8-9-10-11-12-13-14-15-16-17/h4-5,16H,2-3,6-15H2,1H3/b5-4+. The Kier molecular flexibility index (Phi) is 14.9. The summed E-state index contributed by atoms with van der Waals surface area (Å²) in [5, 5.41) is 0. The zero-order chi connectivity index (χ0) is 12.6. The Morgan fingerprint density at radius 3 is 1.65 bits per heavy atom. The van der Waals surface area contributed by atoms with Gasteiger partial charge in [0, 0.05) is 6.42 Å². The van der Waals surface area contributed by atoms with Crippen LogP contribution >= 0.6 is 0 Å². The summed E-state index contributed by atoms with van der Waals surface area (Å²) in [6.07, 6.45) is 20.7. The molecule has 0 aromatic rings. The van der Waals surface area contributed by atoms with Crippen molar-refractivity contribution in [3.8, 4) is 0 Å². The van der Waals surface area contributed by atoms with E-state index in [1.807, 2.05) is 0 Å². The summed E-state index contributed by atoms with van der Waals surface area (Å²) >= 11 is 0. The van der Waals surface area contributed by atoms with E-state index >= 15 is 0 Å². The van der Waals surface area contributed by atoms with Gasteiger partial charge < -0.3 is 4.79 Å². The van der Waals surface area contributed by atoms with Gasteiger partial charge in [0.2, 0.25) is 0 Å². The maximum Gasteiger partial charge on any atom is 0.119 e. The van der Waals surface area contributed by atoms with Crippen molar-refractivity contribution in [2.45, 2.75) is 84.0 Å². The summed E-state index contributed by atoms with van der Waals surface area (Å²) in [4.78, 5) is 10.1. The van der Waals surface area contributed by atoms with Crippen LogP contribution in [-0.4, -0.2) is 6.29 Å². The first kappa shape index (κ1) is 16.4. The van der Waals surface area contributed by atoms with Gasteiger partial charge in [-0.05, 0) is 25.7 Å². The highest BCUT2D eigenvalue weighted by atomic mass is 16.1. The molecule has 0 atom stereocenters. The van der Waals surface area contributed by atoms with Gasteiger partial charge in [-0.1, -0.05) is 64.0 Å². The lowest BCUT2D eigenvalue weighted by molar-refractivity contribution is -0.107. The third-order valence-corrected chi connectivity index (χ3v) is 3.06. The fraction of sp³-hybridized carbons (Fsp3) is 0.812. The summed E-state index contributed by atoms with van der Waals surface area (Å²) in [6, 6.07) is 0. The third kappa shape index (κ3) is 15.4. The van der Waals surface area contributed by atoms with Gasteiger partial charge in [0.05, 0.1) is 0 Å². The molecule has 100 valence electrons. The molecule has 0 aliphatic heterocycles. The molecule has 0 N–H and O–H groups in total. The molecule has 0 spiro atoms. The van der Waals surface area contributed by atoms with Crippen molar-refractivity contribution < 1.29 is 4.79 Å². The van der Waals surface area contributed by atoms with Crippen LogP contribution in [0.25, 0.3) is 0 Å².